The highest BCUT2D eigenvalue weighted by Crippen LogP contribution is 2.47. The Bertz CT molecular complexity index is 589. The Labute approximate surface area is 168 Å². The predicted molar refractivity (Wildman–Crippen MR) is 114 cm³/mol. The van der Waals surface area contributed by atoms with E-state index < -0.39 is 5.97 Å². The fraction of sp³-hybridized carbons (Fsp3) is 0.696. The number of carboxylic acid groups (broad SMARTS) is 1. The van der Waals surface area contributed by atoms with Crippen LogP contribution in [-0.4, -0.2) is 22.3 Å². The van der Waals surface area contributed by atoms with E-state index in [-0.39, 0.29) is 11.5 Å². The first-order valence-electron chi connectivity index (χ1n) is 10.7. The summed E-state index contributed by atoms with van der Waals surface area (Å²) in [5, 5.41) is 18.8. The maximum atomic E-state index is 10.4. The second-order valence-electron chi connectivity index (χ2n) is 8.11. The third-order valence-electron chi connectivity index (χ3n) is 6.30. The topological polar surface area (TPSA) is 57.5 Å². The van der Waals surface area contributed by atoms with E-state index in [0.29, 0.717) is 4.88 Å². The van der Waals surface area contributed by atoms with E-state index in [0.717, 1.165) is 36.5 Å². The molecule has 2 fully saturated rings. The minimum Gasteiger partial charge on any atom is -0.477 e. The van der Waals surface area contributed by atoms with E-state index in [1.165, 1.54) is 56.3 Å². The average molecular weight is 393 g/mol. The van der Waals surface area contributed by atoms with Crippen molar-refractivity contribution in [2.24, 2.45) is 11.3 Å². The Kier molecular flexibility index (Phi) is 9.04. The standard InChI is InChI=1S/C15H26O.C8H10O2S/c1-2-15(11-6-12-15)14(16)10-5-9-13-7-3-4-8-13;1-2-3-6-4-5-7(11-6)8(9)10/h5,9,13-14,16H,2-4,6-8,10-12H2,1H3;4-5H,2-3H2,1H3,(H,9,10)/b9-5+;. The van der Waals surface area contributed by atoms with Crippen LogP contribution in [0.15, 0.2) is 24.3 Å². The lowest BCUT2D eigenvalue weighted by atomic mass is 9.63. The van der Waals surface area contributed by atoms with Crippen LogP contribution in [0.5, 0.6) is 0 Å². The molecular weight excluding hydrogens is 356 g/mol. The molecule has 152 valence electrons. The van der Waals surface area contributed by atoms with Crippen LogP contribution >= 0.6 is 11.3 Å². The van der Waals surface area contributed by atoms with Crippen molar-refractivity contribution in [3.05, 3.63) is 34.0 Å². The normalized spacial score (nSPS) is 20.1. The lowest BCUT2D eigenvalue weighted by molar-refractivity contribution is -0.0355. The zero-order valence-corrected chi connectivity index (χ0v) is 17.8. The molecular formula is C23H36O3S. The fourth-order valence-electron chi connectivity index (χ4n) is 4.23. The molecule has 3 nitrogen and oxygen atoms in total. The minimum atomic E-state index is -0.822. The molecule has 1 aromatic rings. The van der Waals surface area contributed by atoms with Crippen LogP contribution in [0.25, 0.3) is 0 Å². The second-order valence-corrected chi connectivity index (χ2v) is 9.28. The molecule has 2 aliphatic rings. The number of aromatic carboxylic acids is 1. The van der Waals surface area contributed by atoms with Crippen LogP contribution < -0.4 is 0 Å². The van der Waals surface area contributed by atoms with Crippen molar-refractivity contribution < 1.29 is 15.0 Å². The third-order valence-corrected chi connectivity index (χ3v) is 7.43. The minimum absolute atomic E-state index is 0.0936. The van der Waals surface area contributed by atoms with Crippen LogP contribution in [0.3, 0.4) is 0 Å². The molecule has 1 unspecified atom stereocenters. The summed E-state index contributed by atoms with van der Waals surface area (Å²) in [7, 11) is 0. The molecule has 0 spiro atoms. The highest BCUT2D eigenvalue weighted by molar-refractivity contribution is 7.13. The number of thiophene rings is 1. The summed E-state index contributed by atoms with van der Waals surface area (Å²) in [5.41, 5.74) is 0.278. The molecule has 2 aliphatic carbocycles. The van der Waals surface area contributed by atoms with E-state index in [4.69, 9.17) is 5.11 Å². The summed E-state index contributed by atoms with van der Waals surface area (Å²) in [6.45, 7) is 4.31. The van der Waals surface area contributed by atoms with Gasteiger partial charge in [0.25, 0.3) is 0 Å². The Morgan fingerprint density at radius 3 is 2.44 bits per heavy atom. The van der Waals surface area contributed by atoms with Crippen LogP contribution in [0.1, 0.15) is 92.6 Å². The van der Waals surface area contributed by atoms with E-state index in [1.54, 1.807) is 6.07 Å². The first-order valence-corrected chi connectivity index (χ1v) is 11.5. The molecule has 1 aromatic heterocycles. The monoisotopic (exact) mass is 392 g/mol. The molecule has 2 N–H and O–H groups in total. The van der Waals surface area contributed by atoms with Gasteiger partial charge < -0.3 is 10.2 Å². The van der Waals surface area contributed by atoms with E-state index in [9.17, 15) is 9.90 Å². The van der Waals surface area contributed by atoms with Gasteiger partial charge in [0.2, 0.25) is 0 Å². The third kappa shape index (κ3) is 6.46. The van der Waals surface area contributed by atoms with Crippen molar-refractivity contribution in [3.63, 3.8) is 0 Å². The van der Waals surface area contributed by atoms with E-state index in [2.05, 4.69) is 26.0 Å². The van der Waals surface area contributed by atoms with Gasteiger partial charge in [-0.3, -0.25) is 0 Å². The van der Waals surface area contributed by atoms with Gasteiger partial charge in [-0.05, 0) is 68.4 Å². The highest BCUT2D eigenvalue weighted by Gasteiger charge is 2.40. The quantitative estimate of drug-likeness (QED) is 0.499. The Balaban J connectivity index is 0.000000208. The van der Waals surface area contributed by atoms with Gasteiger partial charge in [0, 0.05) is 4.88 Å². The average Bonchev–Trinajstić information content (AvgIpc) is 3.27. The molecule has 4 heteroatoms. The largest absolute Gasteiger partial charge is 0.477 e. The number of carboxylic acids is 1. The summed E-state index contributed by atoms with van der Waals surface area (Å²) in [6.07, 6.45) is 17.9. The smallest absolute Gasteiger partial charge is 0.345 e. The van der Waals surface area contributed by atoms with Crippen LogP contribution in [0.2, 0.25) is 0 Å². The number of hydrogen-bond acceptors (Lipinski definition) is 3. The van der Waals surface area contributed by atoms with Gasteiger partial charge in [0.05, 0.1) is 6.10 Å². The predicted octanol–water partition coefficient (Wildman–Crippen LogP) is 6.46. The molecule has 0 bridgehead atoms. The fourth-order valence-corrected chi connectivity index (χ4v) is 5.17. The van der Waals surface area contributed by atoms with Crippen molar-refractivity contribution in [1.82, 2.24) is 0 Å². The van der Waals surface area contributed by atoms with Crippen LogP contribution in [0.4, 0.5) is 0 Å². The molecule has 0 saturated heterocycles. The number of aliphatic hydroxyl groups is 1. The summed E-state index contributed by atoms with van der Waals surface area (Å²) in [5.74, 6) is -0.0106. The number of hydrogen-bond donors (Lipinski definition) is 2. The number of allylic oxidation sites excluding steroid dienone is 1. The summed E-state index contributed by atoms with van der Waals surface area (Å²) >= 11 is 1.37. The molecule has 0 radical (unpaired) electrons. The van der Waals surface area contributed by atoms with Crippen molar-refractivity contribution in [2.75, 3.05) is 0 Å². The summed E-state index contributed by atoms with van der Waals surface area (Å²) in [6, 6.07) is 3.55. The maximum absolute atomic E-state index is 10.4. The first kappa shape index (κ1) is 22.2. The Hall–Kier alpha value is -1.13. The van der Waals surface area contributed by atoms with Gasteiger partial charge >= 0.3 is 5.97 Å². The lowest BCUT2D eigenvalue weighted by Crippen LogP contribution is -2.40. The van der Waals surface area contributed by atoms with Gasteiger partial charge in [0.1, 0.15) is 4.88 Å². The summed E-state index contributed by atoms with van der Waals surface area (Å²) < 4.78 is 0. The molecule has 0 amide bonds. The lowest BCUT2D eigenvalue weighted by Gasteiger charge is -2.45. The number of carbonyl (C=O) groups is 1. The maximum Gasteiger partial charge on any atom is 0.345 e. The number of rotatable bonds is 8. The molecule has 0 aliphatic heterocycles. The second kappa shape index (κ2) is 11.0. The zero-order chi connectivity index (χ0) is 19.7. The van der Waals surface area contributed by atoms with E-state index in [1.807, 2.05) is 6.07 Å². The molecule has 1 heterocycles. The molecule has 1 atom stereocenters. The number of aryl methyl sites for hydroxylation is 1. The first-order chi connectivity index (χ1) is 13.0. The van der Waals surface area contributed by atoms with Crippen LogP contribution in [0, 0.1) is 11.3 Å². The SMILES string of the molecule is CCC1(C(O)C/C=C/C2CCCC2)CCC1.CCCc1ccc(C(=O)O)s1. The van der Waals surface area contributed by atoms with Gasteiger partial charge in [0.15, 0.2) is 0 Å². The summed E-state index contributed by atoms with van der Waals surface area (Å²) in [4.78, 5) is 12.0. The molecule has 2 saturated carbocycles. The van der Waals surface area contributed by atoms with Crippen LogP contribution in [-0.2, 0) is 6.42 Å². The Morgan fingerprint density at radius 1 is 1.26 bits per heavy atom. The van der Waals surface area contributed by atoms with Crippen molar-refractivity contribution in [1.29, 1.82) is 0 Å². The Morgan fingerprint density at radius 2 is 1.96 bits per heavy atom. The van der Waals surface area contributed by atoms with Gasteiger partial charge in [-0.15, -0.1) is 11.3 Å². The van der Waals surface area contributed by atoms with Crippen molar-refractivity contribution >= 4 is 17.3 Å². The number of aliphatic hydroxyl groups excluding tert-OH is 1. The molecule has 27 heavy (non-hydrogen) atoms. The van der Waals surface area contributed by atoms with Crippen molar-refractivity contribution in [3.8, 4) is 0 Å². The van der Waals surface area contributed by atoms with Crippen molar-refractivity contribution in [2.45, 2.75) is 90.6 Å². The van der Waals surface area contributed by atoms with E-state index >= 15 is 0 Å². The highest BCUT2D eigenvalue weighted by atomic mass is 32.1. The molecule has 0 aromatic carbocycles. The zero-order valence-electron chi connectivity index (χ0n) is 17.0. The van der Waals surface area contributed by atoms with Gasteiger partial charge in [-0.2, -0.15) is 0 Å². The van der Waals surface area contributed by atoms with Gasteiger partial charge in [-0.25, -0.2) is 4.79 Å². The molecule has 3 rings (SSSR count). The van der Waals surface area contributed by atoms with Gasteiger partial charge in [-0.1, -0.05) is 51.7 Å².